The van der Waals surface area contributed by atoms with Crippen LogP contribution < -0.4 is 5.48 Å². The molecule has 1 amide bonds. The fourth-order valence-electron chi connectivity index (χ4n) is 2.12. The quantitative estimate of drug-likeness (QED) is 0.603. The molecule has 27 heavy (non-hydrogen) atoms. The van der Waals surface area contributed by atoms with Crippen molar-refractivity contribution >= 4 is 22.8 Å². The van der Waals surface area contributed by atoms with Crippen molar-refractivity contribution in [3.63, 3.8) is 0 Å². The van der Waals surface area contributed by atoms with Crippen LogP contribution in [0.3, 0.4) is 0 Å². The van der Waals surface area contributed by atoms with E-state index in [0.717, 1.165) is 16.3 Å². The number of hydroxylamine groups is 1. The number of ether oxygens (including phenoxy) is 2. The lowest BCUT2D eigenvalue weighted by Gasteiger charge is -2.19. The zero-order chi connectivity index (χ0) is 20.3. The number of rotatable bonds is 5. The Morgan fingerprint density at radius 2 is 1.63 bits per heavy atom. The van der Waals surface area contributed by atoms with Crippen molar-refractivity contribution in [1.29, 1.82) is 0 Å². The van der Waals surface area contributed by atoms with Gasteiger partial charge in [-0.05, 0) is 37.1 Å². The zero-order valence-electron chi connectivity index (χ0n) is 16.7. The number of esters is 1. The van der Waals surface area contributed by atoms with E-state index in [-0.39, 0.29) is 13.2 Å². The smallest absolute Gasteiger partial charge is 0.431 e. The summed E-state index contributed by atoms with van der Waals surface area (Å²) >= 11 is 0. The molecule has 0 aliphatic rings. The van der Waals surface area contributed by atoms with Crippen molar-refractivity contribution < 1.29 is 23.9 Å². The Morgan fingerprint density at radius 1 is 1.00 bits per heavy atom. The molecule has 6 nitrogen and oxygen atoms in total. The van der Waals surface area contributed by atoms with Gasteiger partial charge in [-0.2, -0.15) is 5.48 Å². The molecule has 2 aromatic carbocycles. The largest absolute Gasteiger partial charge is 0.458 e. The highest BCUT2D eigenvalue weighted by Gasteiger charge is 2.16. The van der Waals surface area contributed by atoms with Crippen molar-refractivity contribution in [1.82, 2.24) is 5.48 Å². The molecule has 0 spiro atoms. The lowest BCUT2D eigenvalue weighted by atomic mass is 10.1. The van der Waals surface area contributed by atoms with Crippen molar-refractivity contribution in [2.45, 2.75) is 53.2 Å². The van der Waals surface area contributed by atoms with E-state index in [1.165, 1.54) is 6.42 Å². The van der Waals surface area contributed by atoms with Gasteiger partial charge in [0.2, 0.25) is 0 Å². The topological polar surface area (TPSA) is 73.9 Å². The van der Waals surface area contributed by atoms with Gasteiger partial charge in [0.05, 0.1) is 0 Å². The van der Waals surface area contributed by atoms with E-state index in [4.69, 9.17) is 14.3 Å². The van der Waals surface area contributed by atoms with Crippen LogP contribution in [0.15, 0.2) is 42.5 Å². The van der Waals surface area contributed by atoms with E-state index in [1.807, 2.05) is 42.5 Å². The molecular weight excluding hydrogens is 346 g/mol. The number of hydrogen-bond acceptors (Lipinski definition) is 5. The highest BCUT2D eigenvalue weighted by molar-refractivity contribution is 5.85. The van der Waals surface area contributed by atoms with Crippen LogP contribution in [0.4, 0.5) is 4.79 Å². The van der Waals surface area contributed by atoms with E-state index < -0.39 is 17.7 Å². The lowest BCUT2D eigenvalue weighted by molar-refractivity contribution is -0.162. The van der Waals surface area contributed by atoms with Gasteiger partial charge >= 0.3 is 12.1 Å². The third-order valence-corrected chi connectivity index (χ3v) is 3.00. The third-order valence-electron chi connectivity index (χ3n) is 3.00. The summed E-state index contributed by atoms with van der Waals surface area (Å²) in [5.41, 5.74) is 2.34. The van der Waals surface area contributed by atoms with E-state index in [2.05, 4.69) is 19.3 Å². The minimum absolute atomic E-state index is 0.100. The molecular formula is C21H29NO5. The summed E-state index contributed by atoms with van der Waals surface area (Å²) in [6, 6.07) is 13.6. The Bertz CT molecular complexity index is 731. The SMILES string of the molecule is CC(C)(C)OC(=O)CONC(=O)OCc1cccc2ccccc12.CCC. The molecule has 0 aliphatic heterocycles. The summed E-state index contributed by atoms with van der Waals surface area (Å²) in [5.74, 6) is -0.572. The molecule has 1 N–H and O–H groups in total. The summed E-state index contributed by atoms with van der Waals surface area (Å²) in [6.07, 6.45) is 0.478. The minimum Gasteiger partial charge on any atom is -0.458 e. The van der Waals surface area contributed by atoms with Gasteiger partial charge in [0.25, 0.3) is 0 Å². The molecule has 0 aromatic heterocycles. The Kier molecular flexibility index (Phi) is 9.30. The number of carbonyl (C=O) groups excluding carboxylic acids is 2. The summed E-state index contributed by atoms with van der Waals surface area (Å²) in [5, 5.41) is 2.09. The molecule has 0 radical (unpaired) electrons. The molecule has 0 aliphatic carbocycles. The van der Waals surface area contributed by atoms with Crippen LogP contribution in [-0.4, -0.2) is 24.3 Å². The number of fused-ring (bicyclic) bond motifs is 1. The van der Waals surface area contributed by atoms with Gasteiger partial charge in [0, 0.05) is 0 Å². The molecule has 2 aromatic rings. The van der Waals surface area contributed by atoms with Crippen molar-refractivity contribution in [2.24, 2.45) is 0 Å². The Balaban J connectivity index is 0.00000114. The molecule has 2 rings (SSSR count). The summed E-state index contributed by atoms with van der Waals surface area (Å²) in [6.45, 7) is 9.20. The van der Waals surface area contributed by atoms with Gasteiger partial charge < -0.3 is 9.47 Å². The van der Waals surface area contributed by atoms with Gasteiger partial charge in [0.15, 0.2) is 6.61 Å². The Labute approximate surface area is 160 Å². The molecule has 0 saturated carbocycles. The number of benzene rings is 2. The summed E-state index contributed by atoms with van der Waals surface area (Å²) < 4.78 is 10.1. The van der Waals surface area contributed by atoms with Crippen LogP contribution in [0.2, 0.25) is 0 Å². The first kappa shape index (κ1) is 22.4. The molecule has 0 unspecified atom stereocenters. The van der Waals surface area contributed by atoms with Crippen molar-refractivity contribution in [2.75, 3.05) is 6.61 Å². The van der Waals surface area contributed by atoms with Crippen LogP contribution in [0.1, 0.15) is 46.6 Å². The average Bonchev–Trinajstić information content (AvgIpc) is 2.59. The van der Waals surface area contributed by atoms with Crippen LogP contribution in [-0.2, 0) is 25.7 Å². The van der Waals surface area contributed by atoms with E-state index in [0.29, 0.717) is 0 Å². The van der Waals surface area contributed by atoms with E-state index >= 15 is 0 Å². The fourth-order valence-corrected chi connectivity index (χ4v) is 2.12. The van der Waals surface area contributed by atoms with E-state index in [1.54, 1.807) is 20.8 Å². The second kappa shape index (κ2) is 11.2. The first-order valence-electron chi connectivity index (χ1n) is 8.99. The normalized spacial score (nSPS) is 10.6. The molecule has 148 valence electrons. The van der Waals surface area contributed by atoms with Gasteiger partial charge in [-0.25, -0.2) is 9.59 Å². The third kappa shape index (κ3) is 9.06. The van der Waals surface area contributed by atoms with Crippen LogP contribution in [0.25, 0.3) is 10.8 Å². The van der Waals surface area contributed by atoms with E-state index in [9.17, 15) is 9.59 Å². The fraction of sp³-hybridized carbons (Fsp3) is 0.429. The highest BCUT2D eigenvalue weighted by Crippen LogP contribution is 2.19. The summed E-state index contributed by atoms with van der Waals surface area (Å²) in [4.78, 5) is 27.8. The maximum absolute atomic E-state index is 11.6. The average molecular weight is 375 g/mol. The van der Waals surface area contributed by atoms with Gasteiger partial charge in [0.1, 0.15) is 12.2 Å². The maximum Gasteiger partial charge on any atom is 0.431 e. The number of hydrogen-bond donors (Lipinski definition) is 1. The lowest BCUT2D eigenvalue weighted by Crippen LogP contribution is -2.31. The second-order valence-electron chi connectivity index (χ2n) is 6.90. The minimum atomic E-state index is -0.772. The van der Waals surface area contributed by atoms with Crippen molar-refractivity contribution in [3.8, 4) is 0 Å². The van der Waals surface area contributed by atoms with Gasteiger partial charge in [-0.3, -0.25) is 4.84 Å². The molecule has 0 bridgehead atoms. The van der Waals surface area contributed by atoms with Crippen LogP contribution in [0.5, 0.6) is 0 Å². The Morgan fingerprint density at radius 3 is 2.30 bits per heavy atom. The summed E-state index contributed by atoms with van der Waals surface area (Å²) in [7, 11) is 0. The monoisotopic (exact) mass is 375 g/mol. The van der Waals surface area contributed by atoms with Crippen LogP contribution in [0, 0.1) is 0 Å². The molecule has 0 fully saturated rings. The van der Waals surface area contributed by atoms with Crippen LogP contribution >= 0.6 is 0 Å². The molecule has 6 heteroatoms. The second-order valence-corrected chi connectivity index (χ2v) is 6.90. The molecule has 0 heterocycles. The molecule has 0 saturated heterocycles. The number of carbonyl (C=O) groups is 2. The highest BCUT2D eigenvalue weighted by atomic mass is 16.7. The number of nitrogens with one attached hydrogen (secondary N) is 1. The number of amides is 1. The van der Waals surface area contributed by atoms with Gasteiger partial charge in [-0.1, -0.05) is 62.7 Å². The Hall–Kier alpha value is -2.60. The molecule has 0 atom stereocenters. The predicted octanol–water partition coefficient (Wildman–Crippen LogP) is 4.76. The standard InChI is InChI=1S/C18H21NO5.C3H8/c1-18(2,3)24-16(20)12-23-19-17(21)22-11-14-9-6-8-13-7-4-5-10-15(13)14;1-3-2/h4-10H,11-12H2,1-3H3,(H,19,21);3H2,1-2H3. The predicted molar refractivity (Wildman–Crippen MR) is 105 cm³/mol. The van der Waals surface area contributed by atoms with Crippen molar-refractivity contribution in [3.05, 3.63) is 48.0 Å². The maximum atomic E-state index is 11.6. The first-order chi connectivity index (χ1) is 12.8. The first-order valence-corrected chi connectivity index (χ1v) is 8.99. The zero-order valence-corrected chi connectivity index (χ0v) is 16.7. The van der Waals surface area contributed by atoms with Gasteiger partial charge in [-0.15, -0.1) is 0 Å².